The van der Waals surface area contributed by atoms with E-state index in [0.29, 0.717) is 0 Å². The Morgan fingerprint density at radius 2 is 1.64 bits per heavy atom. The Balaban J connectivity index is 1.86. The fourth-order valence-electron chi connectivity index (χ4n) is 2.43. The zero-order valence-electron chi connectivity index (χ0n) is 13.5. The Morgan fingerprint density at radius 1 is 0.864 bits per heavy atom. The maximum absolute atomic E-state index is 5.45. The van der Waals surface area contributed by atoms with Gasteiger partial charge in [0.05, 0.1) is 33.4 Å². The summed E-state index contributed by atoms with van der Waals surface area (Å²) in [6.45, 7) is 1.89. The molecule has 118 valence electrons. The minimum absolute atomic E-state index is 0.781. The van der Waals surface area contributed by atoms with Gasteiger partial charge in [-0.25, -0.2) is 0 Å². The molecule has 0 heterocycles. The molecular formula is C18H24NO3+. The Bertz CT molecular complexity index is 581. The molecular weight excluding hydrogens is 278 g/mol. The lowest BCUT2D eigenvalue weighted by molar-refractivity contribution is -0.670. The molecule has 0 fully saturated rings. The van der Waals surface area contributed by atoms with Gasteiger partial charge in [0.25, 0.3) is 0 Å². The van der Waals surface area contributed by atoms with Gasteiger partial charge in [0.2, 0.25) is 0 Å². The molecule has 22 heavy (non-hydrogen) atoms. The molecule has 0 unspecified atom stereocenters. The van der Waals surface area contributed by atoms with Gasteiger partial charge >= 0.3 is 0 Å². The van der Waals surface area contributed by atoms with Crippen molar-refractivity contribution in [3.63, 3.8) is 0 Å². The van der Waals surface area contributed by atoms with Crippen LogP contribution in [0, 0.1) is 0 Å². The monoisotopic (exact) mass is 302 g/mol. The Labute approximate surface area is 132 Å². The number of hydrogen-bond donors (Lipinski definition) is 1. The molecule has 0 amide bonds. The Kier molecular flexibility index (Phi) is 6.10. The van der Waals surface area contributed by atoms with Crippen molar-refractivity contribution in [3.8, 4) is 17.2 Å². The molecule has 0 aliphatic rings. The van der Waals surface area contributed by atoms with E-state index in [0.717, 1.165) is 42.3 Å². The average molecular weight is 302 g/mol. The number of quaternary nitrogens is 1. The van der Waals surface area contributed by atoms with Gasteiger partial charge in [-0.15, -0.1) is 0 Å². The second-order valence-corrected chi connectivity index (χ2v) is 5.03. The van der Waals surface area contributed by atoms with Gasteiger partial charge in [-0.3, -0.25) is 0 Å². The van der Waals surface area contributed by atoms with E-state index >= 15 is 0 Å². The number of benzene rings is 2. The molecule has 0 saturated carbocycles. The lowest BCUT2D eigenvalue weighted by atomic mass is 10.1. The quantitative estimate of drug-likeness (QED) is 0.759. The highest BCUT2D eigenvalue weighted by molar-refractivity contribution is 5.46. The molecule has 2 N–H and O–H groups in total. The van der Waals surface area contributed by atoms with E-state index in [1.165, 1.54) is 5.56 Å². The number of methoxy groups -OCH3 is 3. The summed E-state index contributed by atoms with van der Waals surface area (Å²) < 4.78 is 15.9. The minimum atomic E-state index is 0.781. The summed E-state index contributed by atoms with van der Waals surface area (Å²) in [6, 6.07) is 14.2. The molecule has 0 aliphatic heterocycles. The van der Waals surface area contributed by atoms with Gasteiger partial charge in [-0.2, -0.15) is 0 Å². The van der Waals surface area contributed by atoms with Crippen LogP contribution in [-0.2, 0) is 13.0 Å². The van der Waals surface area contributed by atoms with Crippen LogP contribution in [0.3, 0.4) is 0 Å². The van der Waals surface area contributed by atoms with Gasteiger partial charge in [0.1, 0.15) is 12.3 Å². The maximum atomic E-state index is 5.45. The Morgan fingerprint density at radius 3 is 2.27 bits per heavy atom. The third-order valence-corrected chi connectivity index (χ3v) is 3.64. The predicted octanol–water partition coefficient (Wildman–Crippen LogP) is 2.02. The molecule has 0 radical (unpaired) electrons. The van der Waals surface area contributed by atoms with Crippen molar-refractivity contribution in [2.75, 3.05) is 27.9 Å². The summed E-state index contributed by atoms with van der Waals surface area (Å²) in [5.74, 6) is 2.50. The molecule has 4 nitrogen and oxygen atoms in total. The number of para-hydroxylation sites is 1. The first kappa shape index (κ1) is 16.2. The van der Waals surface area contributed by atoms with E-state index in [-0.39, 0.29) is 0 Å². The van der Waals surface area contributed by atoms with Gasteiger partial charge < -0.3 is 19.5 Å². The van der Waals surface area contributed by atoms with Crippen molar-refractivity contribution in [1.29, 1.82) is 0 Å². The first-order valence-electron chi connectivity index (χ1n) is 7.43. The maximum Gasteiger partial charge on any atom is 0.169 e. The molecule has 2 aromatic carbocycles. The van der Waals surface area contributed by atoms with E-state index < -0.39 is 0 Å². The smallest absolute Gasteiger partial charge is 0.169 e. The Hall–Kier alpha value is -2.20. The number of nitrogens with two attached hydrogens (primary N) is 1. The zero-order chi connectivity index (χ0) is 15.8. The van der Waals surface area contributed by atoms with E-state index in [1.807, 2.05) is 24.3 Å². The van der Waals surface area contributed by atoms with Crippen LogP contribution in [-0.4, -0.2) is 27.9 Å². The summed E-state index contributed by atoms with van der Waals surface area (Å²) >= 11 is 0. The second-order valence-electron chi connectivity index (χ2n) is 5.03. The van der Waals surface area contributed by atoms with Crippen LogP contribution in [0.25, 0.3) is 0 Å². The van der Waals surface area contributed by atoms with Gasteiger partial charge in [-0.05, 0) is 29.8 Å². The fourth-order valence-corrected chi connectivity index (χ4v) is 2.43. The summed E-state index contributed by atoms with van der Waals surface area (Å²) in [7, 11) is 5.03. The number of hydrogen-bond acceptors (Lipinski definition) is 3. The largest absolute Gasteiger partial charge is 0.497 e. The second kappa shape index (κ2) is 8.29. The lowest BCUT2D eigenvalue weighted by Crippen LogP contribution is -2.83. The van der Waals surface area contributed by atoms with Crippen molar-refractivity contribution >= 4 is 0 Å². The van der Waals surface area contributed by atoms with Crippen LogP contribution >= 0.6 is 0 Å². The highest BCUT2D eigenvalue weighted by Gasteiger charge is 2.10. The topological polar surface area (TPSA) is 44.3 Å². The van der Waals surface area contributed by atoms with Gasteiger partial charge in [0, 0.05) is 6.42 Å². The van der Waals surface area contributed by atoms with Gasteiger partial charge in [-0.1, -0.05) is 18.2 Å². The summed E-state index contributed by atoms with van der Waals surface area (Å²) in [6.07, 6.45) is 1.02. The predicted molar refractivity (Wildman–Crippen MR) is 86.7 cm³/mol. The van der Waals surface area contributed by atoms with E-state index in [9.17, 15) is 0 Å². The molecule has 0 bridgehead atoms. The van der Waals surface area contributed by atoms with Crippen molar-refractivity contribution in [3.05, 3.63) is 53.6 Å². The van der Waals surface area contributed by atoms with Crippen molar-refractivity contribution < 1.29 is 19.5 Å². The highest BCUT2D eigenvalue weighted by Crippen LogP contribution is 2.29. The molecule has 2 aromatic rings. The van der Waals surface area contributed by atoms with Crippen LogP contribution < -0.4 is 19.5 Å². The first-order chi connectivity index (χ1) is 10.8. The van der Waals surface area contributed by atoms with Crippen LogP contribution in [0.15, 0.2) is 42.5 Å². The van der Waals surface area contributed by atoms with E-state index in [2.05, 4.69) is 23.5 Å². The molecule has 0 atom stereocenters. The summed E-state index contributed by atoms with van der Waals surface area (Å²) in [4.78, 5) is 0. The highest BCUT2D eigenvalue weighted by atomic mass is 16.5. The van der Waals surface area contributed by atoms with Crippen molar-refractivity contribution in [1.82, 2.24) is 0 Å². The standard InChI is InChI=1S/C18H23NO3/c1-20-16-9-7-14(8-10-16)11-12-19-13-15-5-4-6-17(21-2)18(15)22-3/h4-10,19H,11-13H2,1-3H3/p+1. The SMILES string of the molecule is COc1ccc(CC[NH2+]Cc2cccc(OC)c2OC)cc1. The summed E-state index contributed by atoms with van der Waals surface area (Å²) in [5, 5.41) is 2.28. The number of rotatable bonds is 8. The van der Waals surface area contributed by atoms with Crippen LogP contribution in [0.2, 0.25) is 0 Å². The normalized spacial score (nSPS) is 10.3. The van der Waals surface area contributed by atoms with Crippen molar-refractivity contribution in [2.45, 2.75) is 13.0 Å². The van der Waals surface area contributed by atoms with E-state index in [4.69, 9.17) is 14.2 Å². The third kappa shape index (κ3) is 4.15. The minimum Gasteiger partial charge on any atom is -0.497 e. The van der Waals surface area contributed by atoms with Crippen LogP contribution in [0.4, 0.5) is 0 Å². The molecule has 0 aromatic heterocycles. The van der Waals surface area contributed by atoms with Gasteiger partial charge in [0.15, 0.2) is 11.5 Å². The molecule has 4 heteroatoms. The first-order valence-corrected chi connectivity index (χ1v) is 7.43. The molecule has 0 saturated heterocycles. The van der Waals surface area contributed by atoms with E-state index in [1.54, 1.807) is 21.3 Å². The fraction of sp³-hybridized carbons (Fsp3) is 0.333. The number of ether oxygens (including phenoxy) is 3. The lowest BCUT2D eigenvalue weighted by Gasteiger charge is -2.11. The third-order valence-electron chi connectivity index (χ3n) is 3.64. The van der Waals surface area contributed by atoms with Crippen LogP contribution in [0.5, 0.6) is 17.2 Å². The average Bonchev–Trinajstić information content (AvgIpc) is 2.58. The summed E-state index contributed by atoms with van der Waals surface area (Å²) in [5.41, 5.74) is 2.46. The molecule has 2 rings (SSSR count). The van der Waals surface area contributed by atoms with Crippen LogP contribution in [0.1, 0.15) is 11.1 Å². The zero-order valence-corrected chi connectivity index (χ0v) is 13.5. The van der Waals surface area contributed by atoms with Crippen molar-refractivity contribution in [2.24, 2.45) is 0 Å². The molecule has 0 aliphatic carbocycles. The molecule has 0 spiro atoms.